The van der Waals surface area contributed by atoms with Crippen LogP contribution in [-0.2, 0) is 0 Å². The molecule has 0 atom stereocenters. The second-order valence-electron chi connectivity index (χ2n) is 3.77. The minimum atomic E-state index is 0.749. The Hall–Kier alpha value is -1.97. The SMILES string of the molecule is COc1ccc(-c2c(C)noc2C)c(OC)c1. The summed E-state index contributed by atoms with van der Waals surface area (Å²) in [6.07, 6.45) is 0. The van der Waals surface area contributed by atoms with Crippen molar-refractivity contribution in [2.75, 3.05) is 14.2 Å². The highest BCUT2D eigenvalue weighted by Gasteiger charge is 2.16. The van der Waals surface area contributed by atoms with Crippen LogP contribution in [0.15, 0.2) is 22.7 Å². The molecule has 2 rings (SSSR count). The van der Waals surface area contributed by atoms with Crippen LogP contribution in [0.25, 0.3) is 11.1 Å². The molecule has 0 aliphatic heterocycles. The fourth-order valence-corrected chi connectivity index (χ4v) is 1.87. The van der Waals surface area contributed by atoms with Crippen molar-refractivity contribution in [1.29, 1.82) is 0 Å². The monoisotopic (exact) mass is 233 g/mol. The molecule has 0 aliphatic rings. The summed E-state index contributed by atoms with van der Waals surface area (Å²) in [7, 11) is 3.26. The van der Waals surface area contributed by atoms with Crippen LogP contribution < -0.4 is 9.47 Å². The molecule has 0 amide bonds. The molecule has 90 valence electrons. The predicted molar refractivity (Wildman–Crippen MR) is 64.5 cm³/mol. The molecule has 0 radical (unpaired) electrons. The van der Waals surface area contributed by atoms with Gasteiger partial charge in [-0.15, -0.1) is 0 Å². The Morgan fingerprint density at radius 2 is 1.88 bits per heavy atom. The molecule has 4 nitrogen and oxygen atoms in total. The van der Waals surface area contributed by atoms with E-state index in [4.69, 9.17) is 14.0 Å². The van der Waals surface area contributed by atoms with Gasteiger partial charge in [0.05, 0.1) is 25.5 Å². The molecule has 17 heavy (non-hydrogen) atoms. The van der Waals surface area contributed by atoms with Gasteiger partial charge in [0.15, 0.2) is 0 Å². The number of rotatable bonds is 3. The van der Waals surface area contributed by atoms with Crippen molar-refractivity contribution in [3.63, 3.8) is 0 Å². The maximum atomic E-state index is 5.37. The Morgan fingerprint density at radius 3 is 2.41 bits per heavy atom. The topological polar surface area (TPSA) is 44.5 Å². The lowest BCUT2D eigenvalue weighted by molar-refractivity contribution is 0.392. The first kappa shape index (κ1) is 11.5. The molecule has 0 bridgehead atoms. The normalized spacial score (nSPS) is 10.4. The summed E-state index contributed by atoms with van der Waals surface area (Å²) in [4.78, 5) is 0. The highest BCUT2D eigenvalue weighted by Crippen LogP contribution is 2.36. The van der Waals surface area contributed by atoms with Crippen molar-refractivity contribution in [3.8, 4) is 22.6 Å². The first-order chi connectivity index (χ1) is 8.17. The third-order valence-corrected chi connectivity index (χ3v) is 2.71. The van der Waals surface area contributed by atoms with Gasteiger partial charge in [-0.1, -0.05) is 5.16 Å². The maximum Gasteiger partial charge on any atom is 0.141 e. The Bertz CT molecular complexity index is 512. The Labute approximate surface area is 100 Å². The number of hydrogen-bond acceptors (Lipinski definition) is 4. The van der Waals surface area contributed by atoms with Crippen molar-refractivity contribution >= 4 is 0 Å². The lowest BCUT2D eigenvalue weighted by Gasteiger charge is -2.09. The Morgan fingerprint density at radius 1 is 1.12 bits per heavy atom. The van der Waals surface area contributed by atoms with Crippen molar-refractivity contribution in [1.82, 2.24) is 5.16 Å². The summed E-state index contributed by atoms with van der Waals surface area (Å²) in [5.41, 5.74) is 2.79. The number of benzene rings is 1. The van der Waals surface area contributed by atoms with Crippen LogP contribution in [0.1, 0.15) is 11.5 Å². The second kappa shape index (κ2) is 4.49. The van der Waals surface area contributed by atoms with Crippen LogP contribution in [0.5, 0.6) is 11.5 Å². The first-order valence-electron chi connectivity index (χ1n) is 5.32. The largest absolute Gasteiger partial charge is 0.497 e. The fourth-order valence-electron chi connectivity index (χ4n) is 1.87. The van der Waals surface area contributed by atoms with Gasteiger partial charge in [0, 0.05) is 11.6 Å². The van der Waals surface area contributed by atoms with Crippen LogP contribution in [-0.4, -0.2) is 19.4 Å². The van der Waals surface area contributed by atoms with Gasteiger partial charge in [-0.25, -0.2) is 0 Å². The standard InChI is InChI=1S/C13H15NO3/c1-8-13(9(2)17-14-8)11-6-5-10(15-3)7-12(11)16-4/h5-7H,1-4H3. The first-order valence-corrected chi connectivity index (χ1v) is 5.32. The van der Waals surface area contributed by atoms with Crippen molar-refractivity contribution in [2.45, 2.75) is 13.8 Å². The van der Waals surface area contributed by atoms with Gasteiger partial charge in [0.25, 0.3) is 0 Å². The molecule has 2 aromatic rings. The van der Waals surface area contributed by atoms with Gasteiger partial charge < -0.3 is 14.0 Å². The van der Waals surface area contributed by atoms with Gasteiger partial charge in [0.1, 0.15) is 17.3 Å². The number of ether oxygens (including phenoxy) is 2. The van der Waals surface area contributed by atoms with Crippen LogP contribution in [0.2, 0.25) is 0 Å². The van der Waals surface area contributed by atoms with E-state index in [9.17, 15) is 0 Å². The molecule has 0 spiro atoms. The van der Waals surface area contributed by atoms with E-state index in [1.54, 1.807) is 14.2 Å². The summed E-state index contributed by atoms with van der Waals surface area (Å²) in [5.74, 6) is 2.29. The van der Waals surface area contributed by atoms with Crippen LogP contribution in [0, 0.1) is 13.8 Å². The zero-order valence-electron chi connectivity index (χ0n) is 10.4. The average molecular weight is 233 g/mol. The van der Waals surface area contributed by atoms with E-state index >= 15 is 0 Å². The fraction of sp³-hybridized carbons (Fsp3) is 0.308. The molecule has 0 N–H and O–H groups in total. The minimum absolute atomic E-state index is 0.749. The van der Waals surface area contributed by atoms with Crippen molar-refractivity contribution in [3.05, 3.63) is 29.7 Å². The maximum absolute atomic E-state index is 5.37. The number of nitrogens with zero attached hydrogens (tertiary/aromatic N) is 1. The van der Waals surface area contributed by atoms with E-state index in [0.717, 1.165) is 34.1 Å². The minimum Gasteiger partial charge on any atom is -0.497 e. The molecule has 0 saturated carbocycles. The number of aryl methyl sites for hydroxylation is 2. The lowest BCUT2D eigenvalue weighted by Crippen LogP contribution is -1.91. The van der Waals surface area contributed by atoms with Crippen molar-refractivity contribution in [2.24, 2.45) is 0 Å². The molecule has 0 unspecified atom stereocenters. The van der Waals surface area contributed by atoms with Gasteiger partial charge in [-0.3, -0.25) is 0 Å². The molecule has 0 fully saturated rings. The zero-order valence-corrected chi connectivity index (χ0v) is 10.4. The molecule has 1 heterocycles. The molecule has 0 aliphatic carbocycles. The van der Waals surface area contributed by atoms with Crippen LogP contribution >= 0.6 is 0 Å². The lowest BCUT2D eigenvalue weighted by atomic mass is 10.0. The van der Waals surface area contributed by atoms with Gasteiger partial charge in [-0.05, 0) is 26.0 Å². The molecule has 1 aromatic carbocycles. The summed E-state index contributed by atoms with van der Waals surface area (Å²) in [6.45, 7) is 3.80. The summed E-state index contributed by atoms with van der Waals surface area (Å²) in [6, 6.07) is 5.69. The van der Waals surface area contributed by atoms with Crippen LogP contribution in [0.4, 0.5) is 0 Å². The summed E-state index contributed by atoms with van der Waals surface area (Å²) in [5, 5.41) is 3.95. The highest BCUT2D eigenvalue weighted by molar-refractivity contribution is 5.74. The highest BCUT2D eigenvalue weighted by atomic mass is 16.5. The number of aromatic nitrogens is 1. The van der Waals surface area contributed by atoms with Crippen LogP contribution in [0.3, 0.4) is 0 Å². The van der Waals surface area contributed by atoms with E-state index in [1.807, 2.05) is 32.0 Å². The number of hydrogen-bond donors (Lipinski definition) is 0. The molecule has 0 saturated heterocycles. The van der Waals surface area contributed by atoms with Gasteiger partial charge >= 0.3 is 0 Å². The second-order valence-corrected chi connectivity index (χ2v) is 3.77. The van der Waals surface area contributed by atoms with Gasteiger partial charge in [0.2, 0.25) is 0 Å². The molecule has 1 aromatic heterocycles. The van der Waals surface area contributed by atoms with E-state index in [2.05, 4.69) is 5.16 Å². The Balaban J connectivity index is 2.59. The predicted octanol–water partition coefficient (Wildman–Crippen LogP) is 2.98. The van der Waals surface area contributed by atoms with Gasteiger partial charge in [-0.2, -0.15) is 0 Å². The third kappa shape index (κ3) is 1.98. The average Bonchev–Trinajstić information content (AvgIpc) is 2.68. The summed E-state index contributed by atoms with van der Waals surface area (Å²) >= 11 is 0. The molecular weight excluding hydrogens is 218 g/mol. The van der Waals surface area contributed by atoms with E-state index < -0.39 is 0 Å². The number of methoxy groups -OCH3 is 2. The zero-order chi connectivity index (χ0) is 12.4. The van der Waals surface area contributed by atoms with E-state index in [0.29, 0.717) is 0 Å². The molecular formula is C13H15NO3. The summed E-state index contributed by atoms with van der Waals surface area (Å²) < 4.78 is 15.7. The Kier molecular flexibility index (Phi) is 3.04. The van der Waals surface area contributed by atoms with E-state index in [1.165, 1.54) is 0 Å². The quantitative estimate of drug-likeness (QED) is 0.817. The van der Waals surface area contributed by atoms with Crippen molar-refractivity contribution < 1.29 is 14.0 Å². The van der Waals surface area contributed by atoms with E-state index in [-0.39, 0.29) is 0 Å². The molecule has 4 heteroatoms. The third-order valence-electron chi connectivity index (χ3n) is 2.71. The smallest absolute Gasteiger partial charge is 0.141 e.